The highest BCUT2D eigenvalue weighted by atomic mass is 16.4. The lowest BCUT2D eigenvalue weighted by molar-refractivity contribution is -0.146. The molecular formula is C22H39N5O9. The predicted octanol–water partition coefficient (Wildman–Crippen LogP) is -1.44. The molecule has 0 radical (unpaired) electrons. The summed E-state index contributed by atoms with van der Waals surface area (Å²) in [5, 5.41) is 40.2. The number of amides is 1. The molecule has 14 heteroatoms. The number of aliphatic carboxylic acids is 4. The van der Waals surface area contributed by atoms with Crippen molar-refractivity contribution in [3.63, 3.8) is 0 Å². The van der Waals surface area contributed by atoms with Gasteiger partial charge in [0.05, 0.1) is 6.17 Å². The maximum atomic E-state index is 12.0. The summed E-state index contributed by atoms with van der Waals surface area (Å²) in [4.78, 5) is 64.9. The van der Waals surface area contributed by atoms with Crippen molar-refractivity contribution in [1.29, 1.82) is 0 Å². The molecule has 1 rings (SSSR count). The van der Waals surface area contributed by atoms with Gasteiger partial charge in [-0.05, 0) is 27.7 Å². The second-order valence-electron chi connectivity index (χ2n) is 9.00. The summed E-state index contributed by atoms with van der Waals surface area (Å²) in [7, 11) is 0. The Morgan fingerprint density at radius 1 is 0.583 bits per heavy atom. The molecule has 36 heavy (non-hydrogen) atoms. The van der Waals surface area contributed by atoms with E-state index in [1.54, 1.807) is 21.6 Å². The van der Waals surface area contributed by atoms with Gasteiger partial charge in [-0.1, -0.05) is 0 Å². The highest BCUT2D eigenvalue weighted by molar-refractivity contribution is 5.93. The van der Waals surface area contributed by atoms with Crippen LogP contribution in [0.5, 0.6) is 0 Å². The number of carboxylic acids is 4. The number of carbonyl (C=O) groups is 5. The first-order valence-corrected chi connectivity index (χ1v) is 11.9. The van der Waals surface area contributed by atoms with Gasteiger partial charge in [-0.2, -0.15) is 0 Å². The number of nitrogens with zero attached hydrogens (tertiary/aromatic N) is 4. The zero-order valence-electron chi connectivity index (χ0n) is 21.3. The number of carbonyl (C=O) groups excluding carboxylic acids is 1. The molecule has 0 aliphatic carbocycles. The van der Waals surface area contributed by atoms with E-state index in [0.29, 0.717) is 13.1 Å². The van der Waals surface area contributed by atoms with Crippen LogP contribution < -0.4 is 5.32 Å². The van der Waals surface area contributed by atoms with Crippen molar-refractivity contribution in [3.8, 4) is 0 Å². The summed E-state index contributed by atoms with van der Waals surface area (Å²) in [6, 6.07) is -2.55. The second kappa shape index (κ2) is 14.7. The van der Waals surface area contributed by atoms with Gasteiger partial charge >= 0.3 is 23.9 Å². The molecule has 1 aliphatic rings. The standard InChI is InChI=1S/C22H39N5O9/c1-14(20(31)32)24-5-7-25(15(2)21(33)34)9-11-27(17(4)23-18(28)13-19(29)30)12-10-26(8-6-24)16(3)22(35)36/h14-17H,5-13H2,1-4H3,(H,23,28)(H,29,30)(H,31,32)(H,33,34)(H,35,36). The van der Waals surface area contributed by atoms with Crippen molar-refractivity contribution in [2.45, 2.75) is 58.4 Å². The monoisotopic (exact) mass is 517 g/mol. The Bertz CT molecular complexity index is 760. The third kappa shape index (κ3) is 10.0. The molecule has 0 aromatic rings. The normalized spacial score (nSPS) is 21.2. The van der Waals surface area contributed by atoms with Crippen LogP contribution >= 0.6 is 0 Å². The molecule has 14 nitrogen and oxygen atoms in total. The Labute approximate surface area is 210 Å². The molecule has 1 aliphatic heterocycles. The van der Waals surface area contributed by atoms with Crippen molar-refractivity contribution in [2.75, 3.05) is 52.4 Å². The fraction of sp³-hybridized carbons (Fsp3) is 0.773. The molecule has 0 aromatic carbocycles. The first-order chi connectivity index (χ1) is 16.7. The minimum atomic E-state index is -1.27. The molecule has 206 valence electrons. The van der Waals surface area contributed by atoms with Crippen LogP contribution in [-0.2, 0) is 24.0 Å². The fourth-order valence-electron chi connectivity index (χ4n) is 4.01. The van der Waals surface area contributed by atoms with E-state index in [-0.39, 0.29) is 39.3 Å². The van der Waals surface area contributed by atoms with Gasteiger partial charge in [0.2, 0.25) is 5.91 Å². The van der Waals surface area contributed by atoms with Gasteiger partial charge in [0.1, 0.15) is 24.5 Å². The van der Waals surface area contributed by atoms with Gasteiger partial charge in [0.15, 0.2) is 0 Å². The number of hydrogen-bond acceptors (Lipinski definition) is 9. The summed E-state index contributed by atoms with van der Waals surface area (Å²) in [6.45, 7) is 8.47. The SMILES string of the molecule is CC(NC(=O)CC(=O)O)N1CCN(C(C)C(=O)O)CCN(C(C)C(=O)O)CCN(C(C)C(=O)O)CC1. The molecule has 1 fully saturated rings. The number of carboxylic acid groups (broad SMARTS) is 4. The summed E-state index contributed by atoms with van der Waals surface area (Å²) < 4.78 is 0. The topological polar surface area (TPSA) is 191 Å². The average molecular weight is 518 g/mol. The average Bonchev–Trinajstić information content (AvgIpc) is 2.77. The lowest BCUT2D eigenvalue weighted by Crippen LogP contribution is -2.56. The molecule has 0 bridgehead atoms. The minimum Gasteiger partial charge on any atom is -0.481 e. The molecular weight excluding hydrogens is 478 g/mol. The van der Waals surface area contributed by atoms with Gasteiger partial charge in [-0.15, -0.1) is 0 Å². The van der Waals surface area contributed by atoms with E-state index in [1.165, 1.54) is 20.8 Å². The van der Waals surface area contributed by atoms with E-state index in [4.69, 9.17) is 5.11 Å². The van der Waals surface area contributed by atoms with E-state index in [1.807, 2.05) is 4.90 Å². The molecule has 5 N–H and O–H groups in total. The molecule has 4 atom stereocenters. The zero-order chi connectivity index (χ0) is 27.6. The van der Waals surface area contributed by atoms with Gasteiger partial charge in [-0.3, -0.25) is 43.6 Å². The van der Waals surface area contributed by atoms with Crippen LogP contribution in [0.15, 0.2) is 0 Å². The van der Waals surface area contributed by atoms with E-state index in [9.17, 15) is 39.3 Å². The van der Waals surface area contributed by atoms with E-state index in [0.717, 1.165) is 0 Å². The third-order valence-electron chi connectivity index (χ3n) is 6.64. The largest absolute Gasteiger partial charge is 0.481 e. The van der Waals surface area contributed by atoms with E-state index in [2.05, 4.69) is 5.32 Å². The molecule has 0 spiro atoms. The Morgan fingerprint density at radius 2 is 0.861 bits per heavy atom. The number of nitrogens with one attached hydrogen (secondary N) is 1. The van der Waals surface area contributed by atoms with Crippen molar-refractivity contribution in [2.24, 2.45) is 0 Å². The first-order valence-electron chi connectivity index (χ1n) is 11.9. The van der Waals surface area contributed by atoms with Crippen LogP contribution in [-0.4, -0.2) is 146 Å². The van der Waals surface area contributed by atoms with Crippen molar-refractivity contribution in [1.82, 2.24) is 24.9 Å². The van der Waals surface area contributed by atoms with Gasteiger partial charge in [0, 0.05) is 52.4 Å². The quantitative estimate of drug-likeness (QED) is 0.212. The van der Waals surface area contributed by atoms with Crippen molar-refractivity contribution >= 4 is 29.8 Å². The zero-order valence-corrected chi connectivity index (χ0v) is 21.3. The van der Waals surface area contributed by atoms with Crippen LogP contribution in [0.4, 0.5) is 0 Å². The predicted molar refractivity (Wildman–Crippen MR) is 127 cm³/mol. The van der Waals surface area contributed by atoms with Crippen molar-refractivity contribution in [3.05, 3.63) is 0 Å². The van der Waals surface area contributed by atoms with Crippen molar-refractivity contribution < 1.29 is 44.4 Å². The van der Waals surface area contributed by atoms with E-state index < -0.39 is 60.5 Å². The van der Waals surface area contributed by atoms with Gasteiger partial charge in [0.25, 0.3) is 0 Å². The molecule has 1 saturated heterocycles. The Balaban J connectivity index is 3.21. The Hall–Kier alpha value is -2.81. The third-order valence-corrected chi connectivity index (χ3v) is 6.64. The van der Waals surface area contributed by atoms with Crippen LogP contribution in [0.2, 0.25) is 0 Å². The van der Waals surface area contributed by atoms with Crippen LogP contribution in [0.1, 0.15) is 34.1 Å². The summed E-state index contributed by atoms with van der Waals surface area (Å²) in [5.74, 6) is -5.04. The molecule has 1 heterocycles. The summed E-state index contributed by atoms with van der Waals surface area (Å²) in [6.07, 6.45) is -1.28. The summed E-state index contributed by atoms with van der Waals surface area (Å²) in [5.41, 5.74) is 0. The van der Waals surface area contributed by atoms with Crippen LogP contribution in [0.25, 0.3) is 0 Å². The van der Waals surface area contributed by atoms with Crippen LogP contribution in [0, 0.1) is 0 Å². The number of rotatable bonds is 10. The highest BCUT2D eigenvalue weighted by Crippen LogP contribution is 2.10. The smallest absolute Gasteiger partial charge is 0.320 e. The lowest BCUT2D eigenvalue weighted by Gasteiger charge is -2.38. The molecule has 0 saturated carbocycles. The Morgan fingerprint density at radius 3 is 1.11 bits per heavy atom. The lowest BCUT2D eigenvalue weighted by atomic mass is 10.2. The second-order valence-corrected chi connectivity index (χ2v) is 9.00. The molecule has 0 aromatic heterocycles. The first kappa shape index (κ1) is 31.2. The van der Waals surface area contributed by atoms with Gasteiger partial charge < -0.3 is 25.7 Å². The Kier molecular flexibility index (Phi) is 12.7. The molecule has 1 amide bonds. The van der Waals surface area contributed by atoms with Gasteiger partial charge in [-0.25, -0.2) is 0 Å². The van der Waals surface area contributed by atoms with E-state index >= 15 is 0 Å². The summed E-state index contributed by atoms with van der Waals surface area (Å²) >= 11 is 0. The minimum absolute atomic E-state index is 0.255. The highest BCUT2D eigenvalue weighted by Gasteiger charge is 2.29. The molecule has 4 unspecified atom stereocenters. The number of hydrogen-bond donors (Lipinski definition) is 5. The fourth-order valence-corrected chi connectivity index (χ4v) is 4.01. The van der Waals surface area contributed by atoms with Crippen LogP contribution in [0.3, 0.4) is 0 Å². The maximum absolute atomic E-state index is 12.0. The maximum Gasteiger partial charge on any atom is 0.320 e.